The summed E-state index contributed by atoms with van der Waals surface area (Å²) in [5, 5.41) is 6.59. The minimum atomic E-state index is 0. The topological polar surface area (TPSA) is 44.4 Å². The fourth-order valence-corrected chi connectivity index (χ4v) is 3.46. The van der Waals surface area contributed by atoms with Gasteiger partial charge >= 0.3 is 0 Å². The third-order valence-electron chi connectivity index (χ3n) is 3.52. The molecule has 132 valence electrons. The summed E-state index contributed by atoms with van der Waals surface area (Å²) in [5.74, 6) is 2.30. The Morgan fingerprint density at radius 2 is 2.04 bits per heavy atom. The van der Waals surface area contributed by atoms with Crippen LogP contribution in [0, 0.1) is 0 Å². The van der Waals surface area contributed by atoms with Gasteiger partial charge in [0.2, 0.25) is 5.91 Å². The third kappa shape index (κ3) is 8.27. The van der Waals surface area contributed by atoms with Gasteiger partial charge in [0, 0.05) is 37.1 Å². The number of amides is 1. The number of carbonyl (C=O) groups excluding carboxylic acids is 1. The number of rotatable bonds is 6. The molecule has 2 atom stereocenters. The number of carbonyl (C=O) groups is 1. The molecule has 1 aromatic carbocycles. The Morgan fingerprint density at radius 1 is 1.35 bits per heavy atom. The van der Waals surface area contributed by atoms with Gasteiger partial charge in [-0.15, -0.1) is 24.8 Å². The minimum absolute atomic E-state index is 0. The highest BCUT2D eigenvalue weighted by atomic mass is 35.5. The summed E-state index contributed by atoms with van der Waals surface area (Å²) >= 11 is 1.92. The number of hydrogen-bond donors (Lipinski definition) is 2. The summed E-state index contributed by atoms with van der Waals surface area (Å²) in [6.45, 7) is 1.81. The van der Waals surface area contributed by atoms with Crippen LogP contribution in [0.25, 0.3) is 0 Å². The maximum absolute atomic E-state index is 12.3. The number of nitrogens with one attached hydrogen (secondary N) is 2. The first kappa shape index (κ1) is 22.5. The second-order valence-corrected chi connectivity index (χ2v) is 6.87. The quantitative estimate of drug-likeness (QED) is 0.795. The van der Waals surface area contributed by atoms with E-state index in [2.05, 4.69) is 27.7 Å². The molecule has 1 amide bonds. The van der Waals surface area contributed by atoms with Crippen LogP contribution in [0.2, 0.25) is 0 Å². The van der Waals surface area contributed by atoms with Crippen molar-refractivity contribution in [1.82, 2.24) is 15.5 Å². The van der Waals surface area contributed by atoms with E-state index in [-0.39, 0.29) is 36.8 Å². The van der Waals surface area contributed by atoms with Crippen LogP contribution >= 0.6 is 36.6 Å². The summed E-state index contributed by atoms with van der Waals surface area (Å²) in [7, 11) is 4.06. The Hall–Kier alpha value is -0.460. The van der Waals surface area contributed by atoms with E-state index in [0.717, 1.165) is 30.2 Å². The number of benzene rings is 1. The molecule has 2 rings (SSSR count). The summed E-state index contributed by atoms with van der Waals surface area (Å²) in [6, 6.07) is 10.5. The summed E-state index contributed by atoms with van der Waals surface area (Å²) in [4.78, 5) is 14.4. The molecule has 4 nitrogen and oxygen atoms in total. The van der Waals surface area contributed by atoms with Gasteiger partial charge in [0.15, 0.2) is 0 Å². The zero-order valence-corrected chi connectivity index (χ0v) is 16.1. The molecule has 0 bridgehead atoms. The van der Waals surface area contributed by atoms with Crippen LogP contribution < -0.4 is 10.6 Å². The average molecular weight is 380 g/mol. The molecule has 1 fully saturated rings. The average Bonchev–Trinajstić information content (AvgIpc) is 2.48. The van der Waals surface area contributed by atoms with Crippen LogP contribution in [0.4, 0.5) is 0 Å². The Morgan fingerprint density at radius 3 is 2.61 bits per heavy atom. The van der Waals surface area contributed by atoms with Crippen molar-refractivity contribution in [2.45, 2.75) is 18.5 Å². The fourth-order valence-electron chi connectivity index (χ4n) is 2.51. The maximum Gasteiger partial charge on any atom is 0.222 e. The predicted octanol–water partition coefficient (Wildman–Crippen LogP) is 2.34. The smallest absolute Gasteiger partial charge is 0.222 e. The van der Waals surface area contributed by atoms with Crippen LogP contribution in [0.15, 0.2) is 30.3 Å². The highest BCUT2D eigenvalue weighted by Gasteiger charge is 2.20. The summed E-state index contributed by atoms with van der Waals surface area (Å²) < 4.78 is 0. The molecule has 7 heteroatoms. The zero-order valence-electron chi connectivity index (χ0n) is 13.7. The van der Waals surface area contributed by atoms with E-state index in [1.54, 1.807) is 0 Å². The monoisotopic (exact) mass is 379 g/mol. The van der Waals surface area contributed by atoms with Crippen molar-refractivity contribution >= 4 is 42.5 Å². The van der Waals surface area contributed by atoms with Gasteiger partial charge in [0.05, 0.1) is 6.04 Å². The first-order valence-corrected chi connectivity index (χ1v) is 8.61. The van der Waals surface area contributed by atoms with Gasteiger partial charge in [0.25, 0.3) is 0 Å². The van der Waals surface area contributed by atoms with Crippen molar-refractivity contribution < 1.29 is 4.79 Å². The molecule has 0 aliphatic carbocycles. The van der Waals surface area contributed by atoms with E-state index < -0.39 is 0 Å². The number of halogens is 2. The van der Waals surface area contributed by atoms with E-state index >= 15 is 0 Å². The predicted molar refractivity (Wildman–Crippen MR) is 104 cm³/mol. The van der Waals surface area contributed by atoms with Gasteiger partial charge in [-0.1, -0.05) is 30.3 Å². The molecule has 1 aromatic rings. The van der Waals surface area contributed by atoms with E-state index in [4.69, 9.17) is 0 Å². The summed E-state index contributed by atoms with van der Waals surface area (Å²) in [6.07, 6.45) is 0.559. The largest absolute Gasteiger partial charge is 0.348 e. The van der Waals surface area contributed by atoms with E-state index in [9.17, 15) is 4.79 Å². The van der Waals surface area contributed by atoms with Crippen molar-refractivity contribution in [3.05, 3.63) is 35.9 Å². The van der Waals surface area contributed by atoms with E-state index in [0.29, 0.717) is 12.5 Å². The maximum atomic E-state index is 12.3. The molecule has 23 heavy (non-hydrogen) atoms. The Balaban J connectivity index is 0.00000242. The molecular formula is C16H27Cl2N3OS. The fraction of sp³-hybridized carbons (Fsp3) is 0.562. The van der Waals surface area contributed by atoms with Gasteiger partial charge in [-0.05, 0) is 19.7 Å². The molecule has 1 saturated heterocycles. The number of hydrogen-bond acceptors (Lipinski definition) is 4. The lowest BCUT2D eigenvalue weighted by Gasteiger charge is -2.26. The minimum Gasteiger partial charge on any atom is -0.348 e. The van der Waals surface area contributed by atoms with Crippen molar-refractivity contribution in [2.24, 2.45) is 0 Å². The highest BCUT2D eigenvalue weighted by molar-refractivity contribution is 7.99. The van der Waals surface area contributed by atoms with Gasteiger partial charge < -0.3 is 15.5 Å². The molecular weight excluding hydrogens is 353 g/mol. The molecule has 2 unspecified atom stereocenters. The normalized spacial score (nSPS) is 18.5. The standard InChI is InChI=1S/C16H25N3OS.2ClH/c1-19(2)11-15(13-6-4-3-5-7-13)18-16(20)10-14-12-21-9-8-17-14;;/h3-7,14-15,17H,8-12H2,1-2H3,(H,18,20);2*1H. The second-order valence-electron chi connectivity index (χ2n) is 5.72. The van der Waals surface area contributed by atoms with Crippen molar-refractivity contribution in [2.75, 3.05) is 38.7 Å². The lowest BCUT2D eigenvalue weighted by Crippen LogP contribution is -2.43. The molecule has 1 aliphatic rings. The number of likely N-dealkylation sites (N-methyl/N-ethyl adjacent to an activating group) is 1. The molecule has 2 N–H and O–H groups in total. The SMILES string of the molecule is CN(C)CC(NC(=O)CC1CSCCN1)c1ccccc1.Cl.Cl. The lowest BCUT2D eigenvalue weighted by atomic mass is 10.1. The molecule has 0 saturated carbocycles. The van der Waals surface area contributed by atoms with Gasteiger partial charge in [0.1, 0.15) is 0 Å². The Labute approximate surface area is 156 Å². The Bertz CT molecular complexity index is 442. The molecule has 0 spiro atoms. The van der Waals surface area contributed by atoms with Crippen LogP contribution in [-0.4, -0.2) is 55.5 Å². The van der Waals surface area contributed by atoms with E-state index in [1.165, 1.54) is 0 Å². The Kier molecular flexibility index (Phi) is 11.7. The van der Waals surface area contributed by atoms with Crippen LogP contribution in [-0.2, 0) is 4.79 Å². The van der Waals surface area contributed by atoms with Crippen molar-refractivity contribution in [3.63, 3.8) is 0 Å². The van der Waals surface area contributed by atoms with E-state index in [1.807, 2.05) is 44.1 Å². The van der Waals surface area contributed by atoms with Crippen LogP contribution in [0.5, 0.6) is 0 Å². The van der Waals surface area contributed by atoms with Crippen LogP contribution in [0.1, 0.15) is 18.0 Å². The molecule has 0 radical (unpaired) electrons. The second kappa shape index (κ2) is 12.0. The first-order valence-electron chi connectivity index (χ1n) is 7.45. The van der Waals surface area contributed by atoms with Crippen molar-refractivity contribution in [1.29, 1.82) is 0 Å². The van der Waals surface area contributed by atoms with Gasteiger partial charge in [-0.3, -0.25) is 4.79 Å². The molecule has 1 aliphatic heterocycles. The summed E-state index contributed by atoms with van der Waals surface area (Å²) in [5.41, 5.74) is 1.16. The zero-order chi connectivity index (χ0) is 15.1. The van der Waals surface area contributed by atoms with Crippen molar-refractivity contribution in [3.8, 4) is 0 Å². The molecule has 0 aromatic heterocycles. The lowest BCUT2D eigenvalue weighted by molar-refractivity contribution is -0.122. The first-order chi connectivity index (χ1) is 10.1. The highest BCUT2D eigenvalue weighted by Crippen LogP contribution is 2.15. The van der Waals surface area contributed by atoms with Crippen LogP contribution in [0.3, 0.4) is 0 Å². The van der Waals surface area contributed by atoms with Gasteiger partial charge in [-0.2, -0.15) is 11.8 Å². The molecule has 1 heterocycles. The van der Waals surface area contributed by atoms with Gasteiger partial charge in [-0.25, -0.2) is 0 Å². The third-order valence-corrected chi connectivity index (χ3v) is 4.65. The number of thioether (sulfide) groups is 1. The number of nitrogens with zero attached hydrogens (tertiary/aromatic N) is 1.